The molecule has 36 nitrogen and oxygen atoms in total. The summed E-state index contributed by atoms with van der Waals surface area (Å²) in [6.45, 7) is 8.59. The van der Waals surface area contributed by atoms with Gasteiger partial charge in [-0.3, -0.25) is 38.4 Å². The maximum atomic E-state index is 16.5. The van der Waals surface area contributed by atoms with Gasteiger partial charge in [0.25, 0.3) is 0 Å². The maximum absolute atomic E-state index is 16.5. The van der Waals surface area contributed by atoms with Crippen molar-refractivity contribution < 1.29 is 122 Å². The first-order valence-electron chi connectivity index (χ1n) is 37.9. The number of rotatable bonds is 17. The molecule has 0 radical (unpaired) electrons. The standard InChI is InChI=1S/C80H96ClN11O25/c1-33(2)21-46(85-7)71(103)91-61-63(98)39-16-20-50(45(81)23-39)113-52-25-40-24-51(67(52)117-78-68(65(100)64(99)53(32-93)114-78)116-56-30-80(6,84)70(102)35(4)111-56)112-42-17-13-37(14-18-42)66(115-55-29-79(5,83)69(101)34(3)110-55)62-77(109)90-60(73(105)86-31-36-11-9-8-10-12-36)44-26-41(94)27-49(96)57(44)43-22-38(15-19-48(43)95)58(74(106)92-62)89-75(107)59(40)88-72(104)47(28-54(82)97)87-76(61)108/h8-20,22-27,33-35,46-47,53,55-56,58-66,68-70,78,85,93-96,98-102H,21,28-32,83-84H2,1-7H3,(H2,82,97)(H,86,105)(H,87,108)(H,88,104)(H,89,107)(H,90,109)(H,91,103)(H,92,106)/t34-,35-,46?,47?,53+,55-,56-,58?,59?,60?,61?,62?,63?,64+,65-,66?,68+,69-,70-,78-,79-,80-/m1/s1. The number of primary amides is 1. The zero-order valence-electron chi connectivity index (χ0n) is 64.5. The van der Waals surface area contributed by atoms with Gasteiger partial charge in [-0.1, -0.05) is 80.0 Å². The Labute approximate surface area is 675 Å². The lowest BCUT2D eigenvalue weighted by molar-refractivity contribution is -0.333. The number of nitrogens with two attached hydrogens (primary N) is 3. The molecule has 22 atom stereocenters. The number of carbonyl (C=O) groups is 8. The molecule has 117 heavy (non-hydrogen) atoms. The number of halogens is 1. The number of aromatic hydroxyl groups is 3. The summed E-state index contributed by atoms with van der Waals surface area (Å²) in [5, 5.41) is 126. The van der Waals surface area contributed by atoms with Crippen LogP contribution >= 0.6 is 11.6 Å². The number of phenolic OH excluding ortho intramolecular Hbond substituents is 3. The van der Waals surface area contributed by atoms with Crippen molar-refractivity contribution in [2.45, 2.75) is 207 Å². The van der Waals surface area contributed by atoms with E-state index in [-0.39, 0.29) is 76.1 Å². The van der Waals surface area contributed by atoms with Crippen molar-refractivity contribution >= 4 is 58.9 Å². The molecule has 3 fully saturated rings. The van der Waals surface area contributed by atoms with E-state index in [1.165, 1.54) is 71.1 Å². The van der Waals surface area contributed by atoms with E-state index in [1.807, 2.05) is 13.8 Å². The Bertz CT molecular complexity index is 4720. The number of ether oxygens (including phenoxy) is 8. The van der Waals surface area contributed by atoms with E-state index in [0.29, 0.717) is 5.56 Å². The van der Waals surface area contributed by atoms with Crippen LogP contribution in [0.15, 0.2) is 115 Å². The van der Waals surface area contributed by atoms with Crippen LogP contribution in [0.3, 0.4) is 0 Å². The highest BCUT2D eigenvalue weighted by molar-refractivity contribution is 6.32. The molecular weight excluding hydrogens is 1550 g/mol. The number of benzene rings is 6. The van der Waals surface area contributed by atoms with Crippen molar-refractivity contribution in [2.24, 2.45) is 23.1 Å². The van der Waals surface area contributed by atoms with Crippen molar-refractivity contribution in [3.63, 3.8) is 0 Å². The first kappa shape index (κ1) is 86.0. The number of nitrogens with one attached hydrogen (secondary N) is 8. The van der Waals surface area contributed by atoms with E-state index in [9.17, 15) is 55.5 Å². The summed E-state index contributed by atoms with van der Waals surface area (Å²) in [4.78, 5) is 122. The van der Waals surface area contributed by atoms with E-state index in [2.05, 4.69) is 42.5 Å². The molecule has 14 rings (SSSR count). The van der Waals surface area contributed by atoms with Crippen molar-refractivity contribution in [3.8, 4) is 57.1 Å². The fourth-order valence-electron chi connectivity index (χ4n) is 15.1. The summed E-state index contributed by atoms with van der Waals surface area (Å²) in [5.41, 5.74) is 14.9. The van der Waals surface area contributed by atoms with Crippen molar-refractivity contribution in [1.82, 2.24) is 42.5 Å². The Morgan fingerprint density at radius 3 is 1.90 bits per heavy atom. The highest BCUT2D eigenvalue weighted by Gasteiger charge is 2.52. The van der Waals surface area contributed by atoms with Crippen LogP contribution in [0.5, 0.6) is 46.0 Å². The molecule has 37 heteroatoms. The summed E-state index contributed by atoms with van der Waals surface area (Å²) in [6, 6.07) is 11.2. The first-order valence-corrected chi connectivity index (χ1v) is 38.2. The van der Waals surface area contributed by atoms with Gasteiger partial charge in [-0.2, -0.15) is 0 Å². The number of aliphatic hydroxyl groups excluding tert-OH is 6. The lowest BCUT2D eigenvalue weighted by Crippen LogP contribution is -2.64. The molecule has 6 aromatic carbocycles. The second-order valence-corrected chi connectivity index (χ2v) is 31.4. The Hall–Kier alpha value is -10.4. The topological polar surface area (TPSA) is 567 Å². The van der Waals surface area contributed by atoms with Crippen LogP contribution in [-0.2, 0) is 68.6 Å². The smallest absolute Gasteiger partial charge is 0.248 e. The number of likely N-dealkylation sites (N-methyl/N-ethyl adjacent to an activating group) is 1. The van der Waals surface area contributed by atoms with E-state index in [0.717, 1.165) is 48.5 Å². The van der Waals surface area contributed by atoms with Gasteiger partial charge in [-0.15, -0.1) is 0 Å². The minimum Gasteiger partial charge on any atom is -0.508 e. The Morgan fingerprint density at radius 1 is 0.658 bits per heavy atom. The number of hydrogen-bond acceptors (Lipinski definition) is 28. The van der Waals surface area contributed by atoms with Crippen molar-refractivity contribution in [2.75, 3.05) is 13.7 Å². The summed E-state index contributed by atoms with van der Waals surface area (Å²) in [6.07, 6.45) is -22.2. The van der Waals surface area contributed by atoms with Gasteiger partial charge in [0.15, 0.2) is 30.2 Å². The Kier molecular flexibility index (Phi) is 26.0. The fourth-order valence-corrected chi connectivity index (χ4v) is 15.3. The molecule has 0 saturated carbocycles. The average molecular weight is 1650 g/mol. The lowest BCUT2D eigenvalue weighted by atomic mass is 9.86. The molecule has 8 heterocycles. The number of hydrogen-bond donors (Lipinski definition) is 20. The van der Waals surface area contributed by atoms with Crippen LogP contribution < -0.4 is 73.9 Å². The predicted molar refractivity (Wildman–Crippen MR) is 411 cm³/mol. The number of carbonyl (C=O) groups excluding carboxylic acids is 8. The molecule has 0 aromatic heterocycles. The number of aliphatic hydroxyl groups is 6. The highest BCUT2D eigenvalue weighted by atomic mass is 35.5. The zero-order chi connectivity index (χ0) is 84.5. The SMILES string of the molecule is CNC(CC(C)C)C(=O)NC1C(=O)NC(CC(N)=O)C(=O)NC2C(=O)NC3C(=O)NC(C(=O)NC(C(=O)NCc4ccccc4)c4cc(O)cc(O)c4-c4cc3ccc4O)C(O[C@@H]3C[C@@](C)(N)[C@H](O)[C@@H](C)O3)c3ccc(cc3)Oc3cc2cc(c3O[C@H]2O[C@@H](CO)[C@H](O)[C@@H](O)[C@@H]2O[C@@H]2C[C@@](C)(N)[C@H](O)[C@@H](C)O2)Oc2ccc(cc2Cl)C1O. The largest absolute Gasteiger partial charge is 0.508 e. The monoisotopic (exact) mass is 1650 g/mol. The van der Waals surface area contributed by atoms with E-state index in [4.69, 9.17) is 66.7 Å². The molecule has 8 aliphatic heterocycles. The normalized spacial score (nSPS) is 30.9. The zero-order valence-corrected chi connectivity index (χ0v) is 65.3. The van der Waals surface area contributed by atoms with Gasteiger partial charge in [0.1, 0.15) is 95.5 Å². The van der Waals surface area contributed by atoms with E-state index >= 15 is 28.8 Å². The lowest BCUT2D eigenvalue weighted by Gasteiger charge is -2.47. The van der Waals surface area contributed by atoms with Gasteiger partial charge in [0.05, 0.1) is 48.5 Å². The number of fused-ring (bicyclic) bond motifs is 15. The second kappa shape index (κ2) is 35.4. The fraction of sp³-hybridized carbons (Fsp3) is 0.450. The van der Waals surface area contributed by atoms with Gasteiger partial charge >= 0.3 is 0 Å². The minimum atomic E-state index is -2.34. The third kappa shape index (κ3) is 18.9. The van der Waals surface area contributed by atoms with Crippen LogP contribution in [0.2, 0.25) is 5.02 Å². The van der Waals surface area contributed by atoms with Gasteiger partial charge in [-0.05, 0) is 135 Å². The molecular formula is C80H96ClN11O25. The van der Waals surface area contributed by atoms with E-state index < -0.39 is 239 Å². The van der Waals surface area contributed by atoms with Gasteiger partial charge in [0, 0.05) is 47.7 Å². The Morgan fingerprint density at radius 2 is 1.27 bits per heavy atom. The summed E-state index contributed by atoms with van der Waals surface area (Å²) >= 11 is 7.17. The molecule has 628 valence electrons. The van der Waals surface area contributed by atoms with Gasteiger partial charge in [-0.25, -0.2) is 0 Å². The summed E-state index contributed by atoms with van der Waals surface area (Å²) in [5.74, 6) is -14.1. The van der Waals surface area contributed by atoms with Crippen LogP contribution in [0.4, 0.5) is 0 Å². The molecule has 6 aromatic rings. The molecule has 8 aliphatic rings. The molecule has 11 bridgehead atoms. The quantitative estimate of drug-likeness (QED) is 0.0604. The molecule has 23 N–H and O–H groups in total. The van der Waals surface area contributed by atoms with Crippen LogP contribution in [0.25, 0.3) is 11.1 Å². The molecule has 0 spiro atoms. The number of amides is 8. The second-order valence-electron chi connectivity index (χ2n) is 31.0. The molecule has 8 amide bonds. The summed E-state index contributed by atoms with van der Waals surface area (Å²) < 4.78 is 52.2. The highest BCUT2D eigenvalue weighted by Crippen LogP contribution is 2.50. The maximum Gasteiger partial charge on any atom is 0.248 e. The number of phenols is 3. The minimum absolute atomic E-state index is 0.00267. The molecule has 3 saturated heterocycles. The Balaban J connectivity index is 1.11. The predicted octanol–water partition coefficient (Wildman–Crippen LogP) is 0.922. The van der Waals surface area contributed by atoms with Gasteiger partial charge in [0.2, 0.25) is 59.3 Å². The average Bonchev–Trinajstić information content (AvgIpc) is 0.763. The first-order chi connectivity index (χ1) is 55.4. The summed E-state index contributed by atoms with van der Waals surface area (Å²) in [7, 11) is 1.48. The van der Waals surface area contributed by atoms with Crippen LogP contribution in [0, 0.1) is 5.92 Å². The van der Waals surface area contributed by atoms with Crippen LogP contribution in [-0.4, -0.2) is 210 Å². The van der Waals surface area contributed by atoms with Gasteiger partial charge < -0.3 is 144 Å². The van der Waals surface area contributed by atoms with Crippen LogP contribution in [0.1, 0.15) is 131 Å². The van der Waals surface area contributed by atoms with E-state index in [1.54, 1.807) is 30.3 Å². The van der Waals surface area contributed by atoms with Crippen molar-refractivity contribution in [1.29, 1.82) is 0 Å². The molecule has 0 aliphatic carbocycles. The third-order valence-electron chi connectivity index (χ3n) is 21.4. The molecule has 9 unspecified atom stereocenters. The van der Waals surface area contributed by atoms with Crippen molar-refractivity contribution in [3.05, 3.63) is 154 Å². The third-order valence-corrected chi connectivity index (χ3v) is 21.7.